The lowest BCUT2D eigenvalue weighted by atomic mass is 10.2. The average Bonchev–Trinajstić information content (AvgIpc) is 2.64. The molecule has 0 radical (unpaired) electrons. The monoisotopic (exact) mass is 287 g/mol. The number of amides is 1. The van der Waals surface area contributed by atoms with Crippen LogP contribution in [0, 0.1) is 6.92 Å². The first-order chi connectivity index (χ1) is 7.56. The highest BCUT2D eigenvalue weighted by Crippen LogP contribution is 2.12. The van der Waals surface area contributed by atoms with Gasteiger partial charge in [-0.3, -0.25) is 4.79 Å². The molecule has 16 heavy (non-hydrogen) atoms. The van der Waals surface area contributed by atoms with E-state index in [1.165, 1.54) is 0 Å². The standard InChI is InChI=1S/C12H18BrNO2/c1-9(2)14(8-4-7-13)12(15)11-6-5-10(3)16-11/h5-6,9H,4,7-8H2,1-3H3. The second kappa shape index (κ2) is 6.09. The molecule has 1 aromatic heterocycles. The average molecular weight is 288 g/mol. The number of rotatable bonds is 5. The number of hydrogen-bond donors (Lipinski definition) is 0. The highest BCUT2D eigenvalue weighted by molar-refractivity contribution is 9.09. The van der Waals surface area contributed by atoms with E-state index in [1.807, 2.05) is 31.7 Å². The second-order valence-electron chi connectivity index (χ2n) is 4.05. The molecule has 1 heterocycles. The topological polar surface area (TPSA) is 33.5 Å². The molecule has 0 atom stereocenters. The maximum Gasteiger partial charge on any atom is 0.289 e. The maximum absolute atomic E-state index is 12.1. The first kappa shape index (κ1) is 13.3. The molecule has 0 N–H and O–H groups in total. The fraction of sp³-hybridized carbons (Fsp3) is 0.583. The Morgan fingerprint density at radius 3 is 2.62 bits per heavy atom. The molecule has 0 unspecified atom stereocenters. The SMILES string of the molecule is Cc1ccc(C(=O)N(CCCBr)C(C)C)o1. The number of carbonyl (C=O) groups is 1. The van der Waals surface area contributed by atoms with E-state index in [0.717, 1.165) is 24.1 Å². The van der Waals surface area contributed by atoms with Crippen molar-refractivity contribution in [3.63, 3.8) is 0 Å². The summed E-state index contributed by atoms with van der Waals surface area (Å²) in [5, 5.41) is 0.903. The van der Waals surface area contributed by atoms with E-state index in [4.69, 9.17) is 4.42 Å². The highest BCUT2D eigenvalue weighted by atomic mass is 79.9. The third-order valence-corrected chi connectivity index (χ3v) is 2.93. The highest BCUT2D eigenvalue weighted by Gasteiger charge is 2.20. The Kier molecular flexibility index (Phi) is 5.06. The number of nitrogens with zero attached hydrogens (tertiary/aromatic N) is 1. The molecule has 1 rings (SSSR count). The zero-order chi connectivity index (χ0) is 12.1. The number of furan rings is 1. The van der Waals surface area contributed by atoms with Crippen molar-refractivity contribution in [1.29, 1.82) is 0 Å². The predicted octanol–water partition coefficient (Wildman–Crippen LogP) is 3.22. The molecule has 0 saturated carbocycles. The quantitative estimate of drug-likeness (QED) is 0.779. The molecule has 4 heteroatoms. The Morgan fingerprint density at radius 2 is 2.19 bits per heavy atom. The van der Waals surface area contributed by atoms with Crippen LogP contribution in [-0.2, 0) is 0 Å². The van der Waals surface area contributed by atoms with Gasteiger partial charge >= 0.3 is 0 Å². The van der Waals surface area contributed by atoms with Crippen LogP contribution < -0.4 is 0 Å². The normalized spacial score (nSPS) is 10.8. The first-order valence-electron chi connectivity index (χ1n) is 5.49. The van der Waals surface area contributed by atoms with Gasteiger partial charge in [-0.15, -0.1) is 0 Å². The molecule has 90 valence electrons. The summed E-state index contributed by atoms with van der Waals surface area (Å²) in [5.41, 5.74) is 0. The van der Waals surface area contributed by atoms with E-state index in [-0.39, 0.29) is 11.9 Å². The van der Waals surface area contributed by atoms with Crippen molar-refractivity contribution < 1.29 is 9.21 Å². The van der Waals surface area contributed by atoms with Crippen LogP contribution in [0.3, 0.4) is 0 Å². The lowest BCUT2D eigenvalue weighted by Gasteiger charge is -2.25. The van der Waals surface area contributed by atoms with Crippen LogP contribution >= 0.6 is 15.9 Å². The third kappa shape index (κ3) is 3.37. The largest absolute Gasteiger partial charge is 0.456 e. The Morgan fingerprint density at radius 1 is 1.50 bits per heavy atom. The van der Waals surface area contributed by atoms with E-state index in [2.05, 4.69) is 15.9 Å². The van der Waals surface area contributed by atoms with E-state index in [0.29, 0.717) is 5.76 Å². The zero-order valence-electron chi connectivity index (χ0n) is 10.00. The van der Waals surface area contributed by atoms with Gasteiger partial charge in [0.15, 0.2) is 5.76 Å². The van der Waals surface area contributed by atoms with E-state index in [1.54, 1.807) is 6.07 Å². The summed E-state index contributed by atoms with van der Waals surface area (Å²) in [4.78, 5) is 14.0. The van der Waals surface area contributed by atoms with Gasteiger partial charge in [-0.05, 0) is 39.3 Å². The number of halogens is 1. The van der Waals surface area contributed by atoms with Crippen LogP contribution in [0.25, 0.3) is 0 Å². The van der Waals surface area contributed by atoms with Gasteiger partial charge in [0.05, 0.1) is 0 Å². The zero-order valence-corrected chi connectivity index (χ0v) is 11.6. The van der Waals surface area contributed by atoms with Crippen molar-refractivity contribution in [2.45, 2.75) is 33.2 Å². The predicted molar refractivity (Wildman–Crippen MR) is 68.0 cm³/mol. The lowest BCUT2D eigenvalue weighted by Crippen LogP contribution is -2.37. The third-order valence-electron chi connectivity index (χ3n) is 2.37. The molecular formula is C12H18BrNO2. The van der Waals surface area contributed by atoms with Gasteiger partial charge < -0.3 is 9.32 Å². The Balaban J connectivity index is 2.74. The van der Waals surface area contributed by atoms with Gasteiger partial charge in [0.2, 0.25) is 0 Å². The van der Waals surface area contributed by atoms with Gasteiger partial charge in [-0.1, -0.05) is 15.9 Å². The molecular weight excluding hydrogens is 270 g/mol. The van der Waals surface area contributed by atoms with Crippen molar-refractivity contribution in [2.24, 2.45) is 0 Å². The summed E-state index contributed by atoms with van der Waals surface area (Å²) in [5.74, 6) is 1.18. The number of carbonyl (C=O) groups excluding carboxylic acids is 1. The summed E-state index contributed by atoms with van der Waals surface area (Å²) >= 11 is 3.38. The van der Waals surface area contributed by atoms with Crippen LogP contribution in [0.15, 0.2) is 16.5 Å². The van der Waals surface area contributed by atoms with Crippen LogP contribution in [0.5, 0.6) is 0 Å². The van der Waals surface area contributed by atoms with Gasteiger partial charge in [0.1, 0.15) is 5.76 Å². The Hall–Kier alpha value is -0.770. The molecule has 1 amide bonds. The van der Waals surface area contributed by atoms with Crippen LogP contribution in [0.2, 0.25) is 0 Å². The molecule has 0 saturated heterocycles. The van der Waals surface area contributed by atoms with Crippen molar-refractivity contribution in [3.8, 4) is 0 Å². The summed E-state index contributed by atoms with van der Waals surface area (Å²) < 4.78 is 5.35. The molecule has 0 aromatic carbocycles. The minimum atomic E-state index is -0.0240. The van der Waals surface area contributed by atoms with E-state index >= 15 is 0 Å². The van der Waals surface area contributed by atoms with Gasteiger partial charge in [0.25, 0.3) is 5.91 Å². The molecule has 0 fully saturated rings. The lowest BCUT2D eigenvalue weighted by molar-refractivity contribution is 0.0672. The summed E-state index contributed by atoms with van der Waals surface area (Å²) in [7, 11) is 0. The fourth-order valence-corrected chi connectivity index (χ4v) is 1.77. The first-order valence-corrected chi connectivity index (χ1v) is 6.61. The molecule has 0 spiro atoms. The summed E-state index contributed by atoms with van der Waals surface area (Å²) in [6.07, 6.45) is 0.948. The number of hydrogen-bond acceptors (Lipinski definition) is 2. The molecule has 1 aromatic rings. The molecule has 0 bridgehead atoms. The maximum atomic E-state index is 12.1. The van der Waals surface area contributed by atoms with Gasteiger partial charge in [-0.25, -0.2) is 0 Å². The van der Waals surface area contributed by atoms with E-state index in [9.17, 15) is 4.79 Å². The summed E-state index contributed by atoms with van der Waals surface area (Å²) in [6.45, 7) is 6.63. The molecule has 3 nitrogen and oxygen atoms in total. The second-order valence-corrected chi connectivity index (χ2v) is 4.84. The molecule has 0 aliphatic heterocycles. The van der Waals surface area contributed by atoms with Crippen LogP contribution in [0.4, 0.5) is 0 Å². The van der Waals surface area contributed by atoms with Crippen LogP contribution in [0.1, 0.15) is 36.6 Å². The van der Waals surface area contributed by atoms with Crippen LogP contribution in [-0.4, -0.2) is 28.7 Å². The number of alkyl halides is 1. The molecule has 0 aliphatic rings. The van der Waals surface area contributed by atoms with Crippen molar-refractivity contribution in [1.82, 2.24) is 4.90 Å². The number of aryl methyl sites for hydroxylation is 1. The van der Waals surface area contributed by atoms with Gasteiger partial charge in [0, 0.05) is 17.9 Å². The Labute approximate surface area is 105 Å². The molecule has 0 aliphatic carbocycles. The Bertz CT molecular complexity index is 347. The van der Waals surface area contributed by atoms with Crippen molar-refractivity contribution in [3.05, 3.63) is 23.7 Å². The van der Waals surface area contributed by atoms with Crippen molar-refractivity contribution in [2.75, 3.05) is 11.9 Å². The fourth-order valence-electron chi connectivity index (χ4n) is 1.52. The summed E-state index contributed by atoms with van der Waals surface area (Å²) in [6, 6.07) is 3.74. The van der Waals surface area contributed by atoms with E-state index < -0.39 is 0 Å². The minimum Gasteiger partial charge on any atom is -0.456 e. The smallest absolute Gasteiger partial charge is 0.289 e. The van der Waals surface area contributed by atoms with Gasteiger partial charge in [-0.2, -0.15) is 0 Å². The van der Waals surface area contributed by atoms with Crippen molar-refractivity contribution >= 4 is 21.8 Å². The minimum absolute atomic E-state index is 0.0240.